The second-order valence-electron chi connectivity index (χ2n) is 9.39. The van der Waals surface area contributed by atoms with Crippen molar-refractivity contribution in [2.75, 3.05) is 46.3 Å². The summed E-state index contributed by atoms with van der Waals surface area (Å²) in [5.41, 5.74) is 1.24. The zero-order valence-corrected chi connectivity index (χ0v) is 22.4. The molecule has 1 heterocycles. The highest BCUT2D eigenvalue weighted by atomic mass is 16.5. The van der Waals surface area contributed by atoms with Gasteiger partial charge in [-0.15, -0.1) is 0 Å². The molecule has 1 aliphatic rings. The van der Waals surface area contributed by atoms with Crippen molar-refractivity contribution in [3.63, 3.8) is 0 Å². The summed E-state index contributed by atoms with van der Waals surface area (Å²) < 4.78 is 16.9. The lowest BCUT2D eigenvalue weighted by Crippen LogP contribution is -2.48. The second kappa shape index (κ2) is 12.6. The van der Waals surface area contributed by atoms with Crippen molar-refractivity contribution in [1.82, 2.24) is 9.80 Å². The number of methoxy groups -OCH3 is 2. The zero-order valence-electron chi connectivity index (χ0n) is 22.4. The largest absolute Gasteiger partial charge is 0.497 e. The molecule has 0 aliphatic carbocycles. The predicted octanol–water partition coefficient (Wildman–Crippen LogP) is 3.69. The molecule has 0 unspecified atom stereocenters. The normalized spacial score (nSPS) is 20.7. The number of ether oxygens (including phenoxy) is 3. The maximum absolute atomic E-state index is 13.5. The molecule has 0 fully saturated rings. The number of hydrogen-bond acceptors (Lipinski definition) is 6. The van der Waals surface area contributed by atoms with E-state index in [0.717, 1.165) is 0 Å². The Labute approximate surface area is 218 Å². The molecule has 3 amide bonds. The van der Waals surface area contributed by atoms with Crippen molar-refractivity contribution in [3.8, 4) is 11.5 Å². The number of anilines is 1. The second-order valence-corrected chi connectivity index (χ2v) is 9.39. The van der Waals surface area contributed by atoms with E-state index >= 15 is 0 Å². The number of carbonyl (C=O) groups is 3. The van der Waals surface area contributed by atoms with Gasteiger partial charge in [-0.1, -0.05) is 13.8 Å². The summed E-state index contributed by atoms with van der Waals surface area (Å²) in [5, 5.41) is 2.85. The first-order chi connectivity index (χ1) is 17.7. The molecule has 3 rings (SSSR count). The van der Waals surface area contributed by atoms with Gasteiger partial charge in [-0.3, -0.25) is 14.4 Å². The average molecular weight is 512 g/mol. The van der Waals surface area contributed by atoms with E-state index in [9.17, 15) is 14.4 Å². The molecule has 9 heteroatoms. The standard InChI is InChI=1S/C28H37N3O6/c1-7-26(32)31-15-18(2)25(36-6)16-30(4)28(34)23-14-21(10-13-24(23)37-17-19(31)3)29-27(33)20-8-11-22(35-5)12-9-20/h8-14,18-19,25H,7,15-17H2,1-6H3,(H,29,33)/t18-,19-,25-/m1/s1. The number of fused-ring (bicyclic) bond motifs is 1. The van der Waals surface area contributed by atoms with Gasteiger partial charge in [0.2, 0.25) is 5.91 Å². The summed E-state index contributed by atoms with van der Waals surface area (Å²) in [7, 11) is 4.88. The molecular formula is C28H37N3O6. The number of benzene rings is 2. The van der Waals surface area contributed by atoms with Crippen LogP contribution < -0.4 is 14.8 Å². The van der Waals surface area contributed by atoms with Gasteiger partial charge in [0.1, 0.15) is 18.1 Å². The van der Waals surface area contributed by atoms with E-state index < -0.39 is 0 Å². The maximum atomic E-state index is 13.5. The van der Waals surface area contributed by atoms with Gasteiger partial charge in [0, 0.05) is 50.8 Å². The van der Waals surface area contributed by atoms with Crippen molar-refractivity contribution in [2.45, 2.75) is 39.3 Å². The summed E-state index contributed by atoms with van der Waals surface area (Å²) in [5.74, 6) is 0.507. The molecule has 9 nitrogen and oxygen atoms in total. The Morgan fingerprint density at radius 2 is 1.78 bits per heavy atom. The lowest BCUT2D eigenvalue weighted by molar-refractivity contribution is -0.135. The van der Waals surface area contributed by atoms with Gasteiger partial charge in [0.25, 0.3) is 11.8 Å². The van der Waals surface area contributed by atoms with Crippen LogP contribution in [0.4, 0.5) is 5.69 Å². The predicted molar refractivity (Wildman–Crippen MR) is 141 cm³/mol. The quantitative estimate of drug-likeness (QED) is 0.658. The molecule has 0 spiro atoms. The van der Waals surface area contributed by atoms with E-state index in [1.807, 2.05) is 25.7 Å². The maximum Gasteiger partial charge on any atom is 0.257 e. The van der Waals surface area contributed by atoms with Gasteiger partial charge in [-0.05, 0) is 49.4 Å². The number of hydrogen-bond donors (Lipinski definition) is 1. The van der Waals surface area contributed by atoms with Crippen LogP contribution in [0.25, 0.3) is 0 Å². The molecule has 0 saturated carbocycles. The number of nitrogens with zero attached hydrogens (tertiary/aromatic N) is 2. The molecule has 0 bridgehead atoms. The van der Waals surface area contributed by atoms with Crippen LogP contribution in [0.15, 0.2) is 42.5 Å². The van der Waals surface area contributed by atoms with Crippen LogP contribution in [0.1, 0.15) is 47.9 Å². The first kappa shape index (κ1) is 28.0. The number of nitrogens with one attached hydrogen (secondary N) is 1. The Kier molecular flexibility index (Phi) is 9.52. The van der Waals surface area contributed by atoms with Gasteiger partial charge < -0.3 is 29.3 Å². The minimum Gasteiger partial charge on any atom is -0.497 e. The van der Waals surface area contributed by atoms with Crippen LogP contribution in [0.2, 0.25) is 0 Å². The Hall–Kier alpha value is -3.59. The Morgan fingerprint density at radius 3 is 2.41 bits per heavy atom. The molecule has 1 N–H and O–H groups in total. The van der Waals surface area contributed by atoms with Crippen LogP contribution in [0.3, 0.4) is 0 Å². The molecule has 3 atom stereocenters. The van der Waals surface area contributed by atoms with Gasteiger partial charge in [-0.25, -0.2) is 0 Å². The fourth-order valence-corrected chi connectivity index (χ4v) is 4.35. The zero-order chi connectivity index (χ0) is 27.1. The van der Waals surface area contributed by atoms with E-state index in [1.165, 1.54) is 0 Å². The minimum atomic E-state index is -0.312. The van der Waals surface area contributed by atoms with Crippen molar-refractivity contribution in [2.24, 2.45) is 5.92 Å². The highest BCUT2D eigenvalue weighted by molar-refractivity contribution is 6.05. The minimum absolute atomic E-state index is 0.00721. The van der Waals surface area contributed by atoms with Gasteiger partial charge in [0.15, 0.2) is 0 Å². The first-order valence-electron chi connectivity index (χ1n) is 12.5. The van der Waals surface area contributed by atoms with E-state index in [2.05, 4.69) is 5.32 Å². The Morgan fingerprint density at radius 1 is 1.08 bits per heavy atom. The van der Waals surface area contributed by atoms with E-state index in [1.54, 1.807) is 68.6 Å². The highest BCUT2D eigenvalue weighted by Gasteiger charge is 2.30. The van der Waals surface area contributed by atoms with Crippen molar-refractivity contribution < 1.29 is 28.6 Å². The summed E-state index contributed by atoms with van der Waals surface area (Å²) in [6, 6.07) is 11.5. The fraction of sp³-hybridized carbons (Fsp3) is 0.464. The fourth-order valence-electron chi connectivity index (χ4n) is 4.35. The van der Waals surface area contributed by atoms with Gasteiger partial charge >= 0.3 is 0 Å². The smallest absolute Gasteiger partial charge is 0.257 e. The molecule has 0 saturated heterocycles. The van der Waals surface area contributed by atoms with Crippen LogP contribution in [0.5, 0.6) is 11.5 Å². The third-order valence-electron chi connectivity index (χ3n) is 6.68. The van der Waals surface area contributed by atoms with Gasteiger partial charge in [-0.2, -0.15) is 0 Å². The van der Waals surface area contributed by atoms with Gasteiger partial charge in [0.05, 0.1) is 24.8 Å². The molecule has 37 heavy (non-hydrogen) atoms. The third-order valence-corrected chi connectivity index (χ3v) is 6.68. The highest BCUT2D eigenvalue weighted by Crippen LogP contribution is 2.27. The summed E-state index contributed by atoms with van der Waals surface area (Å²) in [6.07, 6.45) is 0.121. The molecular weight excluding hydrogens is 474 g/mol. The monoisotopic (exact) mass is 511 g/mol. The molecule has 0 aromatic heterocycles. The van der Waals surface area contributed by atoms with Crippen LogP contribution in [0, 0.1) is 5.92 Å². The summed E-state index contributed by atoms with van der Waals surface area (Å²) in [4.78, 5) is 42.4. The van der Waals surface area contributed by atoms with Crippen molar-refractivity contribution in [3.05, 3.63) is 53.6 Å². The number of rotatable bonds is 5. The molecule has 200 valence electrons. The van der Waals surface area contributed by atoms with Crippen molar-refractivity contribution >= 4 is 23.4 Å². The lowest BCUT2D eigenvalue weighted by atomic mass is 10.0. The van der Waals surface area contributed by atoms with Crippen LogP contribution in [-0.4, -0.2) is 80.6 Å². The number of carbonyl (C=O) groups excluding carboxylic acids is 3. The lowest BCUT2D eigenvalue weighted by Gasteiger charge is -2.36. The van der Waals surface area contributed by atoms with E-state index in [4.69, 9.17) is 14.2 Å². The first-order valence-corrected chi connectivity index (χ1v) is 12.5. The number of amides is 3. The van der Waals surface area contributed by atoms with Crippen LogP contribution in [-0.2, 0) is 9.53 Å². The van der Waals surface area contributed by atoms with Crippen LogP contribution >= 0.6 is 0 Å². The van der Waals surface area contributed by atoms with E-state index in [0.29, 0.717) is 47.8 Å². The number of likely N-dealkylation sites (N-methyl/N-ethyl adjacent to an activating group) is 1. The molecule has 1 aliphatic heterocycles. The molecule has 2 aromatic rings. The van der Waals surface area contributed by atoms with E-state index in [-0.39, 0.29) is 42.4 Å². The summed E-state index contributed by atoms with van der Waals surface area (Å²) >= 11 is 0. The Bertz CT molecular complexity index is 1100. The summed E-state index contributed by atoms with van der Waals surface area (Å²) in [6.45, 7) is 6.85. The molecule has 2 aromatic carbocycles. The van der Waals surface area contributed by atoms with Crippen molar-refractivity contribution in [1.29, 1.82) is 0 Å². The third kappa shape index (κ3) is 6.80. The topological polar surface area (TPSA) is 97.4 Å². The molecule has 0 radical (unpaired) electrons. The average Bonchev–Trinajstić information content (AvgIpc) is 2.91. The Balaban J connectivity index is 1.92. The SMILES string of the molecule is CCC(=O)N1C[C@@H](C)[C@H](OC)CN(C)C(=O)c2cc(NC(=O)c3ccc(OC)cc3)ccc2OC[C@H]1C.